The number of hydrogen-bond acceptors (Lipinski definition) is 4. The molecule has 0 saturated heterocycles. The van der Waals surface area contributed by atoms with Crippen molar-refractivity contribution in [1.82, 2.24) is 20.1 Å². The Bertz CT molecular complexity index is 303. The topological polar surface area (TPSA) is 99.3 Å². The van der Waals surface area contributed by atoms with Crippen LogP contribution in [0.25, 0.3) is 0 Å². The minimum atomic E-state index is -3.16. The maximum Gasteiger partial charge on any atom is 0.276 e. The Morgan fingerprint density at radius 1 is 1.19 bits per heavy atom. The van der Waals surface area contributed by atoms with E-state index in [1.165, 1.54) is 21.0 Å². The molecule has 0 heterocycles. The van der Waals surface area contributed by atoms with Gasteiger partial charge in [-0.3, -0.25) is 4.79 Å². The van der Waals surface area contributed by atoms with Crippen LogP contribution in [-0.2, 0) is 15.0 Å². The third-order valence-electron chi connectivity index (χ3n) is 1.44. The number of amides is 1. The number of carbonyl (C=O) groups excluding carboxylic acids is 1. The molecule has 0 rings (SSSR count). The summed E-state index contributed by atoms with van der Waals surface area (Å²) < 4.78 is 24.4. The molecule has 0 spiro atoms. The number of likely N-dealkylation sites (N-methyl/N-ethyl adjacent to an activating group) is 1. The Morgan fingerprint density at radius 3 is 1.81 bits per heavy atom. The van der Waals surface area contributed by atoms with Gasteiger partial charge in [0.1, 0.15) is 0 Å². The SMILES string of the molecule is C=C(CNC(C)=O)NC.CNS(=O)(=O)NC. The van der Waals surface area contributed by atoms with Gasteiger partial charge in [0.2, 0.25) is 5.91 Å². The van der Waals surface area contributed by atoms with Crippen LogP contribution in [0.3, 0.4) is 0 Å². The van der Waals surface area contributed by atoms with E-state index >= 15 is 0 Å². The van der Waals surface area contributed by atoms with Crippen molar-refractivity contribution >= 4 is 16.1 Å². The van der Waals surface area contributed by atoms with Gasteiger partial charge in [-0.2, -0.15) is 8.42 Å². The zero-order valence-corrected chi connectivity index (χ0v) is 10.9. The van der Waals surface area contributed by atoms with Crippen LogP contribution in [0.5, 0.6) is 0 Å². The molecule has 0 saturated carbocycles. The second-order valence-electron chi connectivity index (χ2n) is 2.67. The van der Waals surface area contributed by atoms with Gasteiger partial charge in [0, 0.05) is 33.8 Å². The number of hydrogen-bond donors (Lipinski definition) is 4. The fraction of sp³-hybridized carbons (Fsp3) is 0.625. The van der Waals surface area contributed by atoms with E-state index in [1.807, 2.05) is 0 Å². The van der Waals surface area contributed by atoms with Crippen molar-refractivity contribution in [3.05, 3.63) is 12.3 Å². The van der Waals surface area contributed by atoms with Crippen LogP contribution >= 0.6 is 0 Å². The highest BCUT2D eigenvalue weighted by Gasteiger charge is 1.96. The molecule has 0 aliphatic heterocycles. The van der Waals surface area contributed by atoms with Crippen LogP contribution in [0.1, 0.15) is 6.92 Å². The normalized spacial score (nSPS) is 9.75. The van der Waals surface area contributed by atoms with Crippen molar-refractivity contribution in [2.75, 3.05) is 27.7 Å². The molecule has 4 N–H and O–H groups in total. The van der Waals surface area contributed by atoms with E-state index in [0.717, 1.165) is 5.70 Å². The average Bonchev–Trinajstić information content (AvgIpc) is 2.26. The lowest BCUT2D eigenvalue weighted by Gasteiger charge is -2.03. The van der Waals surface area contributed by atoms with Gasteiger partial charge >= 0.3 is 0 Å². The molecule has 16 heavy (non-hydrogen) atoms. The number of rotatable bonds is 5. The minimum Gasteiger partial charge on any atom is -0.390 e. The van der Waals surface area contributed by atoms with Gasteiger partial charge in [0.25, 0.3) is 10.2 Å². The predicted octanol–water partition coefficient (Wildman–Crippen LogP) is -1.47. The maximum absolute atomic E-state index is 10.3. The first kappa shape index (κ1) is 17.3. The van der Waals surface area contributed by atoms with Crippen LogP contribution < -0.4 is 20.1 Å². The zero-order valence-electron chi connectivity index (χ0n) is 10.0. The van der Waals surface area contributed by atoms with Crippen LogP contribution in [0, 0.1) is 0 Å². The summed E-state index contributed by atoms with van der Waals surface area (Å²) in [5.41, 5.74) is 0.810. The third kappa shape index (κ3) is 12.9. The van der Waals surface area contributed by atoms with Crippen molar-refractivity contribution in [3.8, 4) is 0 Å². The molecule has 96 valence electrons. The molecule has 0 radical (unpaired) electrons. The minimum absolute atomic E-state index is 0.0357. The molecule has 0 aromatic rings. The summed E-state index contributed by atoms with van der Waals surface area (Å²) in [5.74, 6) is -0.0357. The summed E-state index contributed by atoms with van der Waals surface area (Å²) in [4.78, 5) is 10.3. The van der Waals surface area contributed by atoms with Gasteiger partial charge in [-0.15, -0.1) is 0 Å². The molecule has 1 amide bonds. The Labute approximate surface area is 96.9 Å². The summed E-state index contributed by atoms with van der Waals surface area (Å²) in [5, 5.41) is 5.41. The summed E-state index contributed by atoms with van der Waals surface area (Å²) in [7, 11) is 1.29. The summed E-state index contributed by atoms with van der Waals surface area (Å²) >= 11 is 0. The molecule has 0 aromatic heterocycles. The van der Waals surface area contributed by atoms with E-state index in [4.69, 9.17) is 0 Å². The largest absolute Gasteiger partial charge is 0.390 e. The van der Waals surface area contributed by atoms with Crippen molar-refractivity contribution in [2.24, 2.45) is 0 Å². The first-order chi connectivity index (χ1) is 7.29. The van der Waals surface area contributed by atoms with Crippen LogP contribution in [0.2, 0.25) is 0 Å². The Balaban J connectivity index is 0. The average molecular weight is 252 g/mol. The van der Waals surface area contributed by atoms with E-state index in [-0.39, 0.29) is 5.91 Å². The quantitative estimate of drug-likeness (QED) is 0.480. The summed E-state index contributed by atoms with van der Waals surface area (Å²) in [6, 6.07) is 0. The number of carbonyl (C=O) groups is 1. The van der Waals surface area contributed by atoms with Crippen molar-refractivity contribution < 1.29 is 13.2 Å². The van der Waals surface area contributed by atoms with E-state index in [1.54, 1.807) is 7.05 Å². The van der Waals surface area contributed by atoms with Crippen molar-refractivity contribution in [2.45, 2.75) is 6.92 Å². The highest BCUT2D eigenvalue weighted by Crippen LogP contribution is 1.75. The fourth-order valence-electron chi connectivity index (χ4n) is 0.422. The summed E-state index contributed by atoms with van der Waals surface area (Å²) in [6.07, 6.45) is 0. The Kier molecular flexibility index (Phi) is 9.86. The maximum atomic E-state index is 10.3. The standard InChI is InChI=1S/C6H12N2O.C2H8N2O2S/c1-5(7-3)4-8-6(2)9;1-3-7(5,6)4-2/h7H,1,4H2,2-3H3,(H,8,9);3-4H,1-2H3. The van der Waals surface area contributed by atoms with Gasteiger partial charge in [0.05, 0.1) is 6.54 Å². The second-order valence-corrected chi connectivity index (χ2v) is 4.50. The van der Waals surface area contributed by atoms with Gasteiger partial charge in [0.15, 0.2) is 0 Å². The first-order valence-electron chi connectivity index (χ1n) is 4.51. The molecule has 0 aliphatic rings. The molecule has 0 aromatic carbocycles. The van der Waals surface area contributed by atoms with E-state index < -0.39 is 10.2 Å². The molecule has 0 atom stereocenters. The van der Waals surface area contributed by atoms with Crippen molar-refractivity contribution in [3.63, 3.8) is 0 Å². The van der Waals surface area contributed by atoms with E-state index in [2.05, 4.69) is 26.7 Å². The molecule has 8 heteroatoms. The summed E-state index contributed by atoms with van der Waals surface area (Å²) in [6.45, 7) is 5.60. The highest BCUT2D eigenvalue weighted by molar-refractivity contribution is 7.87. The first-order valence-corrected chi connectivity index (χ1v) is 5.99. The van der Waals surface area contributed by atoms with Gasteiger partial charge in [-0.05, 0) is 0 Å². The smallest absolute Gasteiger partial charge is 0.276 e. The number of nitrogens with one attached hydrogen (secondary N) is 4. The Hall–Kier alpha value is -1.12. The fourth-order valence-corrected chi connectivity index (χ4v) is 0.626. The molecule has 0 fully saturated rings. The molecule has 0 bridgehead atoms. The lowest BCUT2D eigenvalue weighted by molar-refractivity contribution is -0.118. The van der Waals surface area contributed by atoms with Crippen LogP contribution in [0.15, 0.2) is 12.3 Å². The van der Waals surface area contributed by atoms with Crippen LogP contribution in [0.4, 0.5) is 0 Å². The second kappa shape index (κ2) is 9.13. The molecular weight excluding hydrogens is 232 g/mol. The van der Waals surface area contributed by atoms with Gasteiger partial charge in [-0.25, -0.2) is 9.44 Å². The predicted molar refractivity (Wildman–Crippen MR) is 63.9 cm³/mol. The molecule has 0 aliphatic carbocycles. The van der Waals surface area contributed by atoms with Gasteiger partial charge < -0.3 is 10.6 Å². The zero-order chi connectivity index (χ0) is 13.2. The molecule has 7 nitrogen and oxygen atoms in total. The lowest BCUT2D eigenvalue weighted by Crippen LogP contribution is -2.30. The monoisotopic (exact) mass is 252 g/mol. The van der Waals surface area contributed by atoms with E-state index in [0.29, 0.717) is 6.54 Å². The van der Waals surface area contributed by atoms with E-state index in [9.17, 15) is 13.2 Å². The van der Waals surface area contributed by atoms with Crippen LogP contribution in [-0.4, -0.2) is 42.0 Å². The Morgan fingerprint density at radius 2 is 1.62 bits per heavy atom. The molecule has 0 unspecified atom stereocenters. The highest BCUT2D eigenvalue weighted by atomic mass is 32.2. The van der Waals surface area contributed by atoms with Crippen molar-refractivity contribution in [1.29, 1.82) is 0 Å². The third-order valence-corrected chi connectivity index (χ3v) is 2.52. The van der Waals surface area contributed by atoms with Gasteiger partial charge in [-0.1, -0.05) is 6.58 Å². The molecular formula is C8H20N4O3S. The lowest BCUT2D eigenvalue weighted by atomic mass is 10.5.